The lowest BCUT2D eigenvalue weighted by atomic mass is 9.73. The molecule has 1 aliphatic heterocycles. The smallest absolute Gasteiger partial charge is 0.313 e. The number of hydrogen-bond donors (Lipinski definition) is 2. The largest absolute Gasteiger partial charge is 0.481 e. The van der Waals surface area contributed by atoms with Crippen molar-refractivity contribution in [1.29, 1.82) is 0 Å². The van der Waals surface area contributed by atoms with E-state index in [4.69, 9.17) is 4.42 Å². The van der Waals surface area contributed by atoms with E-state index in [-0.39, 0.29) is 0 Å². The molecule has 0 aliphatic carbocycles. The van der Waals surface area contributed by atoms with Gasteiger partial charge in [0.2, 0.25) is 0 Å². The molecule has 1 aromatic carbocycles. The molecule has 0 radical (unpaired) electrons. The van der Waals surface area contributed by atoms with Crippen LogP contribution in [0.3, 0.4) is 0 Å². The van der Waals surface area contributed by atoms with E-state index in [1.165, 1.54) is 0 Å². The lowest BCUT2D eigenvalue weighted by molar-refractivity contribution is -0.163. The lowest BCUT2D eigenvalue weighted by Gasteiger charge is -2.43. The topological polar surface area (TPSA) is 73.9 Å². The summed E-state index contributed by atoms with van der Waals surface area (Å²) in [5.41, 5.74) is -0.263. The van der Waals surface area contributed by atoms with Gasteiger partial charge >= 0.3 is 5.97 Å². The second-order valence-electron chi connectivity index (χ2n) is 6.22. The molecule has 2 aromatic rings. The summed E-state index contributed by atoms with van der Waals surface area (Å²) in [5.74, 6) is -0.140. The fourth-order valence-electron chi connectivity index (χ4n) is 3.34. The van der Waals surface area contributed by atoms with Gasteiger partial charge in [0.25, 0.3) is 0 Å². The molecule has 2 heterocycles. The number of carboxylic acids is 1. The second-order valence-corrected chi connectivity index (χ2v) is 6.22. The predicted molar refractivity (Wildman–Crippen MR) is 84.8 cm³/mol. The van der Waals surface area contributed by atoms with Gasteiger partial charge in [0.1, 0.15) is 11.2 Å². The summed E-state index contributed by atoms with van der Waals surface area (Å²) in [7, 11) is 0. The first kappa shape index (κ1) is 15.8. The van der Waals surface area contributed by atoms with Gasteiger partial charge in [-0.1, -0.05) is 30.3 Å². The minimum atomic E-state index is -1.19. The summed E-state index contributed by atoms with van der Waals surface area (Å²) < 4.78 is 5.36. The molecule has 1 aromatic heterocycles. The number of hydrogen-bond acceptors (Lipinski definition) is 4. The summed E-state index contributed by atoms with van der Waals surface area (Å²) >= 11 is 0. The number of aliphatic hydroxyl groups excluding tert-OH is 1. The van der Waals surface area contributed by atoms with Crippen LogP contribution < -0.4 is 0 Å². The highest BCUT2D eigenvalue weighted by Crippen LogP contribution is 2.35. The predicted octanol–water partition coefficient (Wildman–Crippen LogP) is 2.16. The SMILES string of the molecule is O=C(O)[C@@]1(Cc2ccccc2)CN(Cc2ccco2)CC[C@@H]1O. The van der Waals surface area contributed by atoms with E-state index in [1.807, 2.05) is 47.4 Å². The van der Waals surface area contributed by atoms with Crippen molar-refractivity contribution < 1.29 is 19.4 Å². The Morgan fingerprint density at radius 1 is 1.26 bits per heavy atom. The minimum Gasteiger partial charge on any atom is -0.481 e. The van der Waals surface area contributed by atoms with Gasteiger partial charge in [0.05, 0.1) is 18.9 Å². The summed E-state index contributed by atoms with van der Waals surface area (Å²) in [4.78, 5) is 14.1. The summed E-state index contributed by atoms with van der Waals surface area (Å²) in [6.45, 7) is 1.52. The lowest BCUT2D eigenvalue weighted by Crippen LogP contribution is -2.56. The Labute approximate surface area is 135 Å². The molecule has 5 nitrogen and oxygen atoms in total. The molecular weight excluding hydrogens is 294 g/mol. The maximum Gasteiger partial charge on any atom is 0.313 e. The van der Waals surface area contributed by atoms with Crippen LogP contribution in [0.25, 0.3) is 0 Å². The second kappa shape index (κ2) is 6.56. The Balaban J connectivity index is 1.82. The van der Waals surface area contributed by atoms with Crippen molar-refractivity contribution in [3.8, 4) is 0 Å². The molecule has 5 heteroatoms. The summed E-state index contributed by atoms with van der Waals surface area (Å²) in [6, 6.07) is 13.2. The van der Waals surface area contributed by atoms with Crippen LogP contribution in [0.2, 0.25) is 0 Å². The Morgan fingerprint density at radius 3 is 2.70 bits per heavy atom. The number of carbonyl (C=O) groups is 1. The van der Waals surface area contributed by atoms with Gasteiger partial charge in [-0.15, -0.1) is 0 Å². The van der Waals surface area contributed by atoms with Crippen LogP contribution in [0.15, 0.2) is 53.1 Å². The molecule has 0 saturated carbocycles. The van der Waals surface area contributed by atoms with Crippen LogP contribution in [-0.2, 0) is 17.8 Å². The standard InChI is InChI=1S/C18H21NO4/c20-16-8-9-19(12-15-7-4-10-23-15)13-18(16,17(21)22)11-14-5-2-1-3-6-14/h1-7,10,16,20H,8-9,11-13H2,(H,21,22)/t16-,18-/m0/s1. The molecule has 0 amide bonds. The molecule has 0 unspecified atom stereocenters. The average Bonchev–Trinajstić information content (AvgIpc) is 3.04. The molecule has 0 bridgehead atoms. The Kier molecular flexibility index (Phi) is 4.50. The van der Waals surface area contributed by atoms with Crippen LogP contribution in [0.5, 0.6) is 0 Å². The van der Waals surface area contributed by atoms with Crippen LogP contribution in [-0.4, -0.2) is 40.3 Å². The van der Waals surface area contributed by atoms with Crippen molar-refractivity contribution in [2.24, 2.45) is 5.41 Å². The van der Waals surface area contributed by atoms with E-state index in [0.717, 1.165) is 11.3 Å². The minimum absolute atomic E-state index is 0.305. The third-order valence-electron chi connectivity index (χ3n) is 4.61. The van der Waals surface area contributed by atoms with E-state index in [2.05, 4.69) is 0 Å². The first-order valence-electron chi connectivity index (χ1n) is 7.80. The van der Waals surface area contributed by atoms with Gasteiger partial charge in [-0.25, -0.2) is 0 Å². The third kappa shape index (κ3) is 3.30. The van der Waals surface area contributed by atoms with Gasteiger partial charge in [-0.3, -0.25) is 9.69 Å². The van der Waals surface area contributed by atoms with Gasteiger partial charge in [-0.2, -0.15) is 0 Å². The molecule has 0 spiro atoms. The number of rotatable bonds is 5. The maximum atomic E-state index is 12.0. The molecule has 23 heavy (non-hydrogen) atoms. The molecule has 3 rings (SSSR count). The van der Waals surface area contributed by atoms with Crippen LogP contribution in [0, 0.1) is 5.41 Å². The molecule has 1 aliphatic rings. The highest BCUT2D eigenvalue weighted by molar-refractivity contribution is 5.76. The van der Waals surface area contributed by atoms with Gasteiger partial charge in [0, 0.05) is 13.1 Å². The number of carboxylic acid groups (broad SMARTS) is 1. The fourth-order valence-corrected chi connectivity index (χ4v) is 3.34. The van der Waals surface area contributed by atoms with Crippen molar-refractivity contribution in [2.75, 3.05) is 13.1 Å². The van der Waals surface area contributed by atoms with E-state index in [9.17, 15) is 15.0 Å². The zero-order valence-electron chi connectivity index (χ0n) is 12.9. The van der Waals surface area contributed by atoms with E-state index in [0.29, 0.717) is 32.5 Å². The fraction of sp³-hybridized carbons (Fsp3) is 0.389. The third-order valence-corrected chi connectivity index (χ3v) is 4.61. The number of aliphatic hydroxyl groups is 1. The molecule has 2 atom stereocenters. The molecule has 122 valence electrons. The number of furan rings is 1. The number of benzene rings is 1. The normalized spacial score (nSPS) is 25.3. The number of aliphatic carboxylic acids is 1. The first-order valence-corrected chi connectivity index (χ1v) is 7.80. The average molecular weight is 315 g/mol. The number of nitrogens with zero attached hydrogens (tertiary/aromatic N) is 1. The first-order chi connectivity index (χ1) is 11.1. The monoisotopic (exact) mass is 315 g/mol. The Bertz CT molecular complexity index is 640. The van der Waals surface area contributed by atoms with E-state index in [1.54, 1.807) is 6.26 Å². The number of likely N-dealkylation sites (tertiary alicyclic amines) is 1. The maximum absolute atomic E-state index is 12.0. The Morgan fingerprint density at radius 2 is 2.04 bits per heavy atom. The zero-order chi connectivity index (χ0) is 16.3. The summed E-state index contributed by atoms with van der Waals surface area (Å²) in [6.07, 6.45) is 1.52. The van der Waals surface area contributed by atoms with Gasteiger partial charge in [0.15, 0.2) is 0 Å². The van der Waals surface area contributed by atoms with Crippen molar-refractivity contribution in [2.45, 2.75) is 25.5 Å². The van der Waals surface area contributed by atoms with Crippen molar-refractivity contribution in [3.63, 3.8) is 0 Å². The van der Waals surface area contributed by atoms with Crippen LogP contribution in [0.1, 0.15) is 17.7 Å². The van der Waals surface area contributed by atoms with Crippen molar-refractivity contribution >= 4 is 5.97 Å². The Hall–Kier alpha value is -2.11. The summed E-state index contributed by atoms with van der Waals surface area (Å²) in [5, 5.41) is 20.3. The molecule has 1 saturated heterocycles. The molecule has 2 N–H and O–H groups in total. The zero-order valence-corrected chi connectivity index (χ0v) is 12.9. The number of piperidine rings is 1. The van der Waals surface area contributed by atoms with E-state index < -0.39 is 17.5 Å². The van der Waals surface area contributed by atoms with Crippen molar-refractivity contribution in [1.82, 2.24) is 4.90 Å². The van der Waals surface area contributed by atoms with Gasteiger partial charge in [-0.05, 0) is 30.5 Å². The highest BCUT2D eigenvalue weighted by Gasteiger charge is 2.49. The molecule has 1 fully saturated rings. The van der Waals surface area contributed by atoms with E-state index >= 15 is 0 Å². The molecular formula is C18H21NO4. The van der Waals surface area contributed by atoms with Crippen LogP contribution >= 0.6 is 0 Å². The van der Waals surface area contributed by atoms with Crippen LogP contribution in [0.4, 0.5) is 0 Å². The quantitative estimate of drug-likeness (QED) is 0.884. The van der Waals surface area contributed by atoms with Crippen molar-refractivity contribution in [3.05, 3.63) is 60.1 Å². The van der Waals surface area contributed by atoms with Gasteiger partial charge < -0.3 is 14.6 Å². The highest BCUT2D eigenvalue weighted by atomic mass is 16.4.